The van der Waals surface area contributed by atoms with E-state index in [-0.39, 0.29) is 5.78 Å². The number of aryl methyl sites for hydroxylation is 3. The number of hydrogen-bond acceptors (Lipinski definition) is 2. The first kappa shape index (κ1) is 10.7. The lowest BCUT2D eigenvalue weighted by Crippen LogP contribution is -2.07. The zero-order chi connectivity index (χ0) is 11.5. The molecule has 2 aromatic rings. The molecule has 0 spiro atoms. The Morgan fingerprint density at radius 1 is 1.50 bits per heavy atom. The Kier molecular flexibility index (Phi) is 2.90. The summed E-state index contributed by atoms with van der Waals surface area (Å²) in [7, 11) is 1.90. The number of carbonyl (C=O) groups is 1. The van der Waals surface area contributed by atoms with Gasteiger partial charge in [-0.05, 0) is 24.1 Å². The molecular formula is C12H15N3O. The highest BCUT2D eigenvalue weighted by molar-refractivity contribution is 5.92. The summed E-state index contributed by atoms with van der Waals surface area (Å²) < 4.78 is 3.77. The topological polar surface area (TPSA) is 39.8 Å². The maximum Gasteiger partial charge on any atom is 0.176 e. The summed E-state index contributed by atoms with van der Waals surface area (Å²) in [5, 5.41) is 4.11. The van der Waals surface area contributed by atoms with E-state index in [2.05, 4.69) is 5.10 Å². The molecule has 2 aromatic heterocycles. The van der Waals surface area contributed by atoms with Crippen molar-refractivity contribution in [2.24, 2.45) is 7.05 Å². The quantitative estimate of drug-likeness (QED) is 0.731. The number of rotatable bonds is 4. The third kappa shape index (κ3) is 2.21. The van der Waals surface area contributed by atoms with Gasteiger partial charge < -0.3 is 4.57 Å². The van der Waals surface area contributed by atoms with Gasteiger partial charge in [0.2, 0.25) is 0 Å². The Hall–Kier alpha value is -1.84. The van der Waals surface area contributed by atoms with Crippen molar-refractivity contribution in [3.8, 4) is 0 Å². The van der Waals surface area contributed by atoms with E-state index in [1.54, 1.807) is 11.6 Å². The van der Waals surface area contributed by atoms with Gasteiger partial charge in [0.1, 0.15) is 0 Å². The van der Waals surface area contributed by atoms with Crippen LogP contribution >= 0.6 is 0 Å². The van der Waals surface area contributed by atoms with E-state index in [0.717, 1.165) is 18.7 Å². The molecule has 0 amide bonds. The SMILES string of the molecule is CC(=O)c1cccn1CCc1cnn(C)c1. The number of carbonyl (C=O) groups excluding carboxylic acids is 1. The number of Topliss-reactive ketones (excluding diaryl/α,β-unsaturated/α-hetero) is 1. The van der Waals surface area contributed by atoms with Crippen LogP contribution in [0.4, 0.5) is 0 Å². The predicted octanol–water partition coefficient (Wildman–Crippen LogP) is 1.67. The van der Waals surface area contributed by atoms with E-state index in [1.165, 1.54) is 5.56 Å². The van der Waals surface area contributed by atoms with Gasteiger partial charge in [0.05, 0.1) is 11.9 Å². The summed E-state index contributed by atoms with van der Waals surface area (Å²) in [6, 6.07) is 3.76. The molecule has 2 rings (SSSR count). The van der Waals surface area contributed by atoms with Gasteiger partial charge >= 0.3 is 0 Å². The van der Waals surface area contributed by atoms with Crippen molar-refractivity contribution < 1.29 is 4.79 Å². The fourth-order valence-electron chi connectivity index (χ4n) is 1.78. The van der Waals surface area contributed by atoms with Gasteiger partial charge in [-0.25, -0.2) is 0 Å². The van der Waals surface area contributed by atoms with E-state index >= 15 is 0 Å². The number of aromatic nitrogens is 3. The summed E-state index contributed by atoms with van der Waals surface area (Å²) >= 11 is 0. The van der Waals surface area contributed by atoms with Crippen LogP contribution in [-0.4, -0.2) is 20.1 Å². The summed E-state index contributed by atoms with van der Waals surface area (Å²) in [6.07, 6.45) is 6.68. The zero-order valence-electron chi connectivity index (χ0n) is 9.55. The van der Waals surface area contributed by atoms with Crippen molar-refractivity contribution in [3.05, 3.63) is 42.0 Å². The molecule has 0 fully saturated rings. The van der Waals surface area contributed by atoms with Crippen LogP contribution in [0.1, 0.15) is 23.0 Å². The molecule has 4 heteroatoms. The largest absolute Gasteiger partial charge is 0.345 e. The fourth-order valence-corrected chi connectivity index (χ4v) is 1.78. The van der Waals surface area contributed by atoms with Crippen LogP contribution in [-0.2, 0) is 20.0 Å². The molecule has 0 N–H and O–H groups in total. The summed E-state index contributed by atoms with van der Waals surface area (Å²) in [5.41, 5.74) is 1.95. The van der Waals surface area contributed by atoms with Gasteiger partial charge in [0.15, 0.2) is 5.78 Å². The molecule has 4 nitrogen and oxygen atoms in total. The standard InChI is InChI=1S/C12H15N3O/c1-10(16)12-4-3-6-15(12)7-5-11-8-13-14(2)9-11/h3-4,6,8-9H,5,7H2,1-2H3. The fraction of sp³-hybridized carbons (Fsp3) is 0.333. The van der Waals surface area contributed by atoms with Crippen molar-refractivity contribution in [3.63, 3.8) is 0 Å². The Morgan fingerprint density at radius 3 is 2.94 bits per heavy atom. The molecule has 0 unspecified atom stereocenters. The minimum absolute atomic E-state index is 0.108. The molecule has 0 aliphatic rings. The van der Waals surface area contributed by atoms with Crippen LogP contribution in [0.3, 0.4) is 0 Å². The van der Waals surface area contributed by atoms with Crippen LogP contribution in [0.2, 0.25) is 0 Å². The molecule has 2 heterocycles. The summed E-state index contributed by atoms with van der Waals surface area (Å²) in [4.78, 5) is 11.3. The monoisotopic (exact) mass is 217 g/mol. The summed E-state index contributed by atoms with van der Waals surface area (Å²) in [6.45, 7) is 2.41. The second kappa shape index (κ2) is 4.35. The first-order valence-corrected chi connectivity index (χ1v) is 5.30. The van der Waals surface area contributed by atoms with E-state index in [1.807, 2.05) is 42.3 Å². The Bertz CT molecular complexity index is 496. The molecule has 0 bridgehead atoms. The highest BCUT2D eigenvalue weighted by Gasteiger charge is 2.05. The third-order valence-corrected chi connectivity index (χ3v) is 2.59. The van der Waals surface area contributed by atoms with Gasteiger partial charge in [0, 0.05) is 32.9 Å². The van der Waals surface area contributed by atoms with Crippen LogP contribution in [0, 0.1) is 0 Å². The van der Waals surface area contributed by atoms with Crippen LogP contribution in [0.5, 0.6) is 0 Å². The van der Waals surface area contributed by atoms with Crippen molar-refractivity contribution in [2.45, 2.75) is 19.9 Å². The Balaban J connectivity index is 2.04. The highest BCUT2D eigenvalue weighted by atomic mass is 16.1. The van der Waals surface area contributed by atoms with Crippen LogP contribution in [0.25, 0.3) is 0 Å². The Labute approximate surface area is 94.5 Å². The Morgan fingerprint density at radius 2 is 2.31 bits per heavy atom. The molecule has 0 saturated heterocycles. The molecular weight excluding hydrogens is 202 g/mol. The van der Waals surface area contributed by atoms with E-state index < -0.39 is 0 Å². The van der Waals surface area contributed by atoms with Gasteiger partial charge in [-0.1, -0.05) is 0 Å². The number of hydrogen-bond donors (Lipinski definition) is 0. The van der Waals surface area contributed by atoms with Gasteiger partial charge in [-0.2, -0.15) is 5.10 Å². The highest BCUT2D eigenvalue weighted by Crippen LogP contribution is 2.06. The average molecular weight is 217 g/mol. The predicted molar refractivity (Wildman–Crippen MR) is 61.3 cm³/mol. The molecule has 0 atom stereocenters. The molecule has 16 heavy (non-hydrogen) atoms. The lowest BCUT2D eigenvalue weighted by Gasteiger charge is -2.05. The maximum absolute atomic E-state index is 11.3. The van der Waals surface area contributed by atoms with Gasteiger partial charge in [0.25, 0.3) is 0 Å². The van der Waals surface area contributed by atoms with Crippen LogP contribution in [0.15, 0.2) is 30.7 Å². The van der Waals surface area contributed by atoms with Crippen molar-refractivity contribution in [1.82, 2.24) is 14.3 Å². The van der Waals surface area contributed by atoms with Gasteiger partial charge in [-0.15, -0.1) is 0 Å². The minimum atomic E-state index is 0.108. The van der Waals surface area contributed by atoms with E-state index in [9.17, 15) is 4.79 Å². The lowest BCUT2D eigenvalue weighted by molar-refractivity contribution is 0.100. The first-order valence-electron chi connectivity index (χ1n) is 5.30. The molecule has 0 saturated carbocycles. The normalized spacial score (nSPS) is 10.6. The van der Waals surface area contributed by atoms with E-state index in [0.29, 0.717) is 0 Å². The maximum atomic E-state index is 11.3. The van der Waals surface area contributed by atoms with Crippen molar-refractivity contribution in [2.75, 3.05) is 0 Å². The molecule has 0 radical (unpaired) electrons. The third-order valence-electron chi connectivity index (χ3n) is 2.59. The number of ketones is 1. The second-order valence-corrected chi connectivity index (χ2v) is 3.92. The summed E-state index contributed by atoms with van der Waals surface area (Å²) in [5.74, 6) is 0.108. The second-order valence-electron chi connectivity index (χ2n) is 3.92. The first-order chi connectivity index (χ1) is 7.66. The van der Waals surface area contributed by atoms with E-state index in [4.69, 9.17) is 0 Å². The molecule has 84 valence electrons. The molecule has 0 aliphatic carbocycles. The van der Waals surface area contributed by atoms with Crippen LogP contribution < -0.4 is 0 Å². The smallest absolute Gasteiger partial charge is 0.176 e. The number of nitrogens with zero attached hydrogens (tertiary/aromatic N) is 3. The molecule has 0 aromatic carbocycles. The molecule has 0 aliphatic heterocycles. The van der Waals surface area contributed by atoms with Crippen molar-refractivity contribution in [1.29, 1.82) is 0 Å². The lowest BCUT2D eigenvalue weighted by atomic mass is 10.2. The average Bonchev–Trinajstić information content (AvgIpc) is 2.83. The minimum Gasteiger partial charge on any atom is -0.345 e. The van der Waals surface area contributed by atoms with Gasteiger partial charge in [-0.3, -0.25) is 9.48 Å². The van der Waals surface area contributed by atoms with Crippen molar-refractivity contribution >= 4 is 5.78 Å². The zero-order valence-corrected chi connectivity index (χ0v) is 9.55.